The van der Waals surface area contributed by atoms with Crippen LogP contribution in [-0.4, -0.2) is 30.1 Å². The molecule has 0 aliphatic heterocycles. The van der Waals surface area contributed by atoms with Gasteiger partial charge in [-0.15, -0.1) is 11.3 Å². The van der Waals surface area contributed by atoms with Crippen molar-refractivity contribution in [1.29, 1.82) is 0 Å². The van der Waals surface area contributed by atoms with Crippen LogP contribution in [0.2, 0.25) is 0 Å². The maximum absolute atomic E-state index is 12.3. The van der Waals surface area contributed by atoms with E-state index in [9.17, 15) is 4.79 Å². The lowest BCUT2D eigenvalue weighted by atomic mass is 10.1. The van der Waals surface area contributed by atoms with E-state index in [0.29, 0.717) is 16.6 Å². The molecule has 0 radical (unpaired) electrons. The van der Waals surface area contributed by atoms with E-state index < -0.39 is 0 Å². The summed E-state index contributed by atoms with van der Waals surface area (Å²) in [7, 11) is 3.16. The van der Waals surface area contributed by atoms with Crippen molar-refractivity contribution in [3.8, 4) is 22.9 Å². The molecule has 25 heavy (non-hydrogen) atoms. The Morgan fingerprint density at radius 3 is 2.76 bits per heavy atom. The highest BCUT2D eigenvalue weighted by molar-refractivity contribution is 7.14. The van der Waals surface area contributed by atoms with Crippen LogP contribution in [0.25, 0.3) is 11.4 Å². The number of nitrogens with zero attached hydrogens (tertiary/aromatic N) is 2. The lowest BCUT2D eigenvalue weighted by molar-refractivity contribution is -0.115. The molecule has 0 aliphatic carbocycles. The summed E-state index contributed by atoms with van der Waals surface area (Å²) in [5, 5.41) is 5.21. The average Bonchev–Trinajstić information content (AvgIpc) is 3.10. The first-order valence-corrected chi connectivity index (χ1v) is 8.45. The van der Waals surface area contributed by atoms with E-state index in [1.807, 2.05) is 23.6 Å². The fraction of sp³-hybridized carbons (Fsp3) is 0.167. The first kappa shape index (κ1) is 16.9. The van der Waals surface area contributed by atoms with Crippen LogP contribution in [0.3, 0.4) is 0 Å². The molecule has 0 fully saturated rings. The van der Waals surface area contributed by atoms with Gasteiger partial charge in [-0.2, -0.15) is 0 Å². The Hall–Kier alpha value is -2.93. The third-order valence-electron chi connectivity index (χ3n) is 3.52. The minimum Gasteiger partial charge on any atom is -0.497 e. The SMILES string of the molecule is COc1ccc(OC)c(CC(=O)Nc2nc(-c3ccccn3)cs2)c1. The Balaban J connectivity index is 1.70. The zero-order valence-electron chi connectivity index (χ0n) is 13.9. The number of rotatable bonds is 6. The lowest BCUT2D eigenvalue weighted by Gasteiger charge is -2.10. The third-order valence-corrected chi connectivity index (χ3v) is 4.27. The van der Waals surface area contributed by atoms with Crippen molar-refractivity contribution < 1.29 is 14.3 Å². The maximum Gasteiger partial charge on any atom is 0.230 e. The highest BCUT2D eigenvalue weighted by Gasteiger charge is 2.13. The molecule has 0 atom stereocenters. The van der Waals surface area contributed by atoms with Gasteiger partial charge in [0, 0.05) is 17.1 Å². The molecule has 2 aromatic heterocycles. The monoisotopic (exact) mass is 355 g/mol. The smallest absolute Gasteiger partial charge is 0.230 e. The van der Waals surface area contributed by atoms with E-state index in [2.05, 4.69) is 15.3 Å². The van der Waals surface area contributed by atoms with E-state index in [0.717, 1.165) is 17.0 Å². The lowest BCUT2D eigenvalue weighted by Crippen LogP contribution is -2.14. The predicted molar refractivity (Wildman–Crippen MR) is 97.2 cm³/mol. The van der Waals surface area contributed by atoms with Crippen LogP contribution in [0.4, 0.5) is 5.13 Å². The molecule has 0 bridgehead atoms. The Morgan fingerprint density at radius 2 is 2.04 bits per heavy atom. The first-order chi connectivity index (χ1) is 12.2. The van der Waals surface area contributed by atoms with Gasteiger partial charge in [-0.1, -0.05) is 6.07 Å². The number of nitrogens with one attached hydrogen (secondary N) is 1. The molecule has 2 heterocycles. The van der Waals surface area contributed by atoms with Crippen LogP contribution in [-0.2, 0) is 11.2 Å². The second-order valence-electron chi connectivity index (χ2n) is 5.16. The van der Waals surface area contributed by atoms with Gasteiger partial charge in [0.2, 0.25) is 5.91 Å². The second-order valence-corrected chi connectivity index (χ2v) is 6.01. The number of hydrogen-bond donors (Lipinski definition) is 1. The summed E-state index contributed by atoms with van der Waals surface area (Å²) >= 11 is 1.36. The first-order valence-electron chi connectivity index (χ1n) is 7.57. The summed E-state index contributed by atoms with van der Waals surface area (Å²) in [6, 6.07) is 11.0. The van der Waals surface area contributed by atoms with Gasteiger partial charge in [-0.3, -0.25) is 9.78 Å². The summed E-state index contributed by atoms with van der Waals surface area (Å²) in [5.74, 6) is 1.15. The largest absolute Gasteiger partial charge is 0.497 e. The van der Waals surface area contributed by atoms with Gasteiger partial charge in [0.15, 0.2) is 5.13 Å². The van der Waals surface area contributed by atoms with Crippen LogP contribution < -0.4 is 14.8 Å². The number of carbonyl (C=O) groups is 1. The van der Waals surface area contributed by atoms with E-state index in [4.69, 9.17) is 9.47 Å². The molecule has 7 heteroatoms. The molecular formula is C18H17N3O3S. The third kappa shape index (κ3) is 4.13. The number of amides is 1. The van der Waals surface area contributed by atoms with E-state index >= 15 is 0 Å². The summed E-state index contributed by atoms with van der Waals surface area (Å²) in [6.07, 6.45) is 1.88. The molecule has 0 aliphatic rings. The number of anilines is 1. The molecule has 1 amide bonds. The van der Waals surface area contributed by atoms with Crippen molar-refractivity contribution >= 4 is 22.4 Å². The Morgan fingerprint density at radius 1 is 1.16 bits per heavy atom. The number of methoxy groups -OCH3 is 2. The standard InChI is InChI=1S/C18H17N3O3S/c1-23-13-6-7-16(24-2)12(9-13)10-17(22)21-18-20-15(11-25-18)14-5-3-4-8-19-14/h3-9,11H,10H2,1-2H3,(H,20,21,22). The predicted octanol–water partition coefficient (Wildman–Crippen LogP) is 3.40. The minimum atomic E-state index is -0.173. The summed E-state index contributed by atoms with van der Waals surface area (Å²) in [6.45, 7) is 0. The fourth-order valence-corrected chi connectivity index (χ4v) is 3.04. The average molecular weight is 355 g/mol. The quantitative estimate of drug-likeness (QED) is 0.733. The molecule has 0 unspecified atom stereocenters. The van der Waals surface area contributed by atoms with Gasteiger partial charge >= 0.3 is 0 Å². The number of benzene rings is 1. The van der Waals surface area contributed by atoms with Crippen LogP contribution in [0.5, 0.6) is 11.5 Å². The number of carbonyl (C=O) groups excluding carboxylic acids is 1. The van der Waals surface area contributed by atoms with Gasteiger partial charge in [-0.05, 0) is 30.3 Å². The number of aromatic nitrogens is 2. The topological polar surface area (TPSA) is 73.3 Å². The van der Waals surface area contributed by atoms with Gasteiger partial charge in [0.1, 0.15) is 17.2 Å². The molecule has 1 aromatic carbocycles. The minimum absolute atomic E-state index is 0.166. The molecule has 6 nitrogen and oxygen atoms in total. The van der Waals surface area contributed by atoms with Crippen molar-refractivity contribution in [2.45, 2.75) is 6.42 Å². The Labute approximate surface area is 149 Å². The molecular weight excluding hydrogens is 338 g/mol. The molecule has 3 rings (SSSR count). The number of ether oxygens (including phenoxy) is 2. The summed E-state index contributed by atoms with van der Waals surface area (Å²) in [4.78, 5) is 21.0. The molecule has 0 spiro atoms. The van der Waals surface area contributed by atoms with E-state index in [-0.39, 0.29) is 12.3 Å². The molecule has 0 saturated heterocycles. The van der Waals surface area contributed by atoms with Crippen LogP contribution in [0, 0.1) is 0 Å². The van der Waals surface area contributed by atoms with Gasteiger partial charge in [0.25, 0.3) is 0 Å². The summed E-state index contributed by atoms with van der Waals surface area (Å²) in [5.41, 5.74) is 2.26. The van der Waals surface area contributed by atoms with Crippen LogP contribution >= 0.6 is 11.3 Å². The number of thiazole rings is 1. The van der Waals surface area contributed by atoms with Crippen molar-refractivity contribution in [3.63, 3.8) is 0 Å². The number of pyridine rings is 1. The molecule has 128 valence electrons. The van der Waals surface area contributed by atoms with Gasteiger partial charge in [-0.25, -0.2) is 4.98 Å². The Bertz CT molecular complexity index is 865. The van der Waals surface area contributed by atoms with Crippen molar-refractivity contribution in [2.75, 3.05) is 19.5 Å². The van der Waals surface area contributed by atoms with Crippen LogP contribution in [0.15, 0.2) is 48.0 Å². The van der Waals surface area contributed by atoms with Gasteiger partial charge < -0.3 is 14.8 Å². The fourth-order valence-electron chi connectivity index (χ4n) is 2.32. The zero-order chi connectivity index (χ0) is 17.6. The Kier molecular flexibility index (Phi) is 5.25. The van der Waals surface area contributed by atoms with E-state index in [1.54, 1.807) is 38.6 Å². The highest BCUT2D eigenvalue weighted by atomic mass is 32.1. The molecule has 1 N–H and O–H groups in total. The van der Waals surface area contributed by atoms with Crippen molar-refractivity contribution in [3.05, 3.63) is 53.5 Å². The van der Waals surface area contributed by atoms with Gasteiger partial charge in [0.05, 0.1) is 26.3 Å². The normalized spacial score (nSPS) is 10.3. The molecule has 0 saturated carbocycles. The molecule has 3 aromatic rings. The van der Waals surface area contributed by atoms with Crippen molar-refractivity contribution in [1.82, 2.24) is 9.97 Å². The maximum atomic E-state index is 12.3. The number of hydrogen-bond acceptors (Lipinski definition) is 6. The summed E-state index contributed by atoms with van der Waals surface area (Å²) < 4.78 is 10.5. The zero-order valence-corrected chi connectivity index (χ0v) is 14.7. The van der Waals surface area contributed by atoms with Crippen molar-refractivity contribution in [2.24, 2.45) is 0 Å². The second kappa shape index (κ2) is 7.76. The van der Waals surface area contributed by atoms with E-state index in [1.165, 1.54) is 11.3 Å². The highest BCUT2D eigenvalue weighted by Crippen LogP contribution is 2.26. The van der Waals surface area contributed by atoms with Crippen LogP contribution in [0.1, 0.15) is 5.56 Å².